The first-order chi connectivity index (χ1) is 21.9. The normalized spacial score (nSPS) is 18.7. The second-order valence-corrected chi connectivity index (χ2v) is 15.7. The molecule has 0 fully saturated rings. The van der Waals surface area contributed by atoms with Gasteiger partial charge in [0.2, 0.25) is 13.6 Å². The van der Waals surface area contributed by atoms with Gasteiger partial charge in [0.1, 0.15) is 11.5 Å². The van der Waals surface area contributed by atoms with Crippen LogP contribution in [0.2, 0.25) is 0 Å². The van der Waals surface area contributed by atoms with Crippen LogP contribution in [-0.4, -0.2) is 19.2 Å². The van der Waals surface area contributed by atoms with Gasteiger partial charge in [-0.1, -0.05) is 121 Å². The minimum absolute atomic E-state index is 0.0585. The molecule has 0 aromatic heterocycles. The monoisotopic (exact) mass is 614 g/mol. The zero-order valence-corrected chi connectivity index (χ0v) is 26.0. The van der Waals surface area contributed by atoms with E-state index >= 15 is 0 Å². The molecule has 6 heteroatoms. The molecule has 5 aromatic rings. The molecule has 0 saturated heterocycles. The van der Waals surface area contributed by atoms with Crippen molar-refractivity contribution in [3.8, 4) is 11.5 Å². The van der Waals surface area contributed by atoms with Crippen molar-refractivity contribution in [3.63, 3.8) is 0 Å². The molecule has 2 aliphatic heterocycles. The molecule has 0 radical (unpaired) electrons. The fourth-order valence-electron chi connectivity index (χ4n) is 6.77. The number of fused-ring (bicyclic) bond motifs is 1. The highest BCUT2D eigenvalue weighted by Crippen LogP contribution is 2.58. The average molecular weight is 615 g/mol. The lowest BCUT2D eigenvalue weighted by Crippen LogP contribution is -2.34. The maximum absolute atomic E-state index is 6.46. The van der Waals surface area contributed by atoms with Crippen LogP contribution < -0.4 is 36.0 Å². The molecule has 4 nitrogen and oxygen atoms in total. The molecule has 8 rings (SSSR count). The maximum Gasteiger partial charge on any atom is 0.231 e. The van der Waals surface area contributed by atoms with Gasteiger partial charge >= 0.3 is 0 Å². The highest BCUT2D eigenvalue weighted by Gasteiger charge is 2.46. The number of rotatable bonds is 7. The van der Waals surface area contributed by atoms with E-state index in [2.05, 4.69) is 133 Å². The smallest absolute Gasteiger partial charge is 0.231 e. The van der Waals surface area contributed by atoms with E-state index in [1.807, 2.05) is 0 Å². The molecule has 0 saturated carbocycles. The lowest BCUT2D eigenvalue weighted by molar-refractivity contribution is 0.0675. The third kappa shape index (κ3) is 4.97. The van der Waals surface area contributed by atoms with Crippen molar-refractivity contribution < 1.29 is 18.9 Å². The molecule has 2 heterocycles. The van der Waals surface area contributed by atoms with Crippen molar-refractivity contribution in [1.82, 2.24) is 0 Å². The first kappa shape index (κ1) is 27.4. The third-order valence-electron chi connectivity index (χ3n) is 8.59. The predicted molar refractivity (Wildman–Crippen MR) is 180 cm³/mol. The predicted octanol–water partition coefficient (Wildman–Crippen LogP) is 6.77. The lowest BCUT2D eigenvalue weighted by atomic mass is 9.85. The Hall–Kier alpha value is -4.10. The maximum atomic E-state index is 6.46. The summed E-state index contributed by atoms with van der Waals surface area (Å²) in [6.07, 6.45) is 1.85. The molecular formula is C38H32O4P2. The molecule has 1 aliphatic carbocycles. The van der Waals surface area contributed by atoms with Crippen LogP contribution in [0.25, 0.3) is 0 Å². The highest BCUT2D eigenvalue weighted by atomic mass is 31.1. The van der Waals surface area contributed by atoms with Crippen LogP contribution in [0.3, 0.4) is 0 Å². The van der Waals surface area contributed by atoms with Crippen molar-refractivity contribution >= 4 is 42.4 Å². The molecule has 0 amide bonds. The summed E-state index contributed by atoms with van der Waals surface area (Å²) in [5.74, 6) is 3.53. The number of ether oxygens (including phenoxy) is 4. The second kappa shape index (κ2) is 12.1. The molecule has 0 N–H and O–H groups in total. The Morgan fingerprint density at radius 1 is 0.523 bits per heavy atom. The number of benzene rings is 5. The van der Waals surface area contributed by atoms with Gasteiger partial charge < -0.3 is 18.9 Å². The van der Waals surface area contributed by atoms with Gasteiger partial charge in [0, 0.05) is 17.6 Å². The molecule has 0 bridgehead atoms. The first-order valence-corrected chi connectivity index (χ1v) is 17.8. The molecule has 2 atom stereocenters. The van der Waals surface area contributed by atoms with E-state index in [1.165, 1.54) is 32.1 Å². The number of hydrogen-bond donors (Lipinski definition) is 0. The van der Waals surface area contributed by atoms with E-state index in [-0.39, 0.29) is 25.2 Å². The standard InChI is InChI=1S/C38H32O4P2/c1-5-13-27(14-6-1)43(28-15-7-2-8-16-28)33-23-21-31-37(41-25-39-31)35(33)36-34(24-22-32-38(36)42-26-40-32)44(29-17-9-3-10-18-29)30-19-11-4-12-20-30/h1-21,23,34,36H,22,24-26H2. The first-order valence-electron chi connectivity index (χ1n) is 15.1. The summed E-state index contributed by atoms with van der Waals surface area (Å²) in [6, 6.07) is 48.2. The van der Waals surface area contributed by atoms with Gasteiger partial charge in [0.25, 0.3) is 0 Å². The number of hydrogen-bond acceptors (Lipinski definition) is 4. The Morgan fingerprint density at radius 3 is 1.66 bits per heavy atom. The largest absolute Gasteiger partial charge is 0.458 e. The lowest BCUT2D eigenvalue weighted by Gasteiger charge is -2.39. The van der Waals surface area contributed by atoms with Gasteiger partial charge in [-0.2, -0.15) is 0 Å². The zero-order valence-electron chi connectivity index (χ0n) is 24.2. The van der Waals surface area contributed by atoms with Crippen LogP contribution >= 0.6 is 15.8 Å². The molecule has 5 aromatic carbocycles. The van der Waals surface area contributed by atoms with Gasteiger partial charge in [0.15, 0.2) is 11.5 Å². The van der Waals surface area contributed by atoms with Crippen molar-refractivity contribution in [2.45, 2.75) is 24.4 Å². The Kier molecular flexibility index (Phi) is 7.56. The van der Waals surface area contributed by atoms with Crippen LogP contribution in [-0.2, 0) is 9.47 Å². The fourth-order valence-corrected chi connectivity index (χ4v) is 12.3. The quantitative estimate of drug-likeness (QED) is 0.190. The SMILES string of the molecule is c1ccc(P(c2ccccc2)c2ccc3c(c2C2C4=C(CCC2P(c2ccccc2)c2ccccc2)OCO4)OCO3)cc1. The topological polar surface area (TPSA) is 36.9 Å². The molecule has 0 spiro atoms. The van der Waals surface area contributed by atoms with Gasteiger partial charge in [-0.3, -0.25) is 0 Å². The molecular weight excluding hydrogens is 582 g/mol. The average Bonchev–Trinajstić information content (AvgIpc) is 3.77. The van der Waals surface area contributed by atoms with Gasteiger partial charge in [-0.05, 0) is 60.9 Å². The molecule has 218 valence electrons. The van der Waals surface area contributed by atoms with Crippen molar-refractivity contribution in [1.29, 1.82) is 0 Å². The molecule has 44 heavy (non-hydrogen) atoms. The van der Waals surface area contributed by atoms with Crippen LogP contribution in [0.5, 0.6) is 11.5 Å². The van der Waals surface area contributed by atoms with Crippen molar-refractivity contribution in [2.75, 3.05) is 13.6 Å². The third-order valence-corrected chi connectivity index (χ3v) is 14.0. The van der Waals surface area contributed by atoms with Gasteiger partial charge in [-0.25, -0.2) is 0 Å². The van der Waals surface area contributed by atoms with Gasteiger partial charge in [-0.15, -0.1) is 0 Å². The fraction of sp³-hybridized carbons (Fsp3) is 0.158. The van der Waals surface area contributed by atoms with Gasteiger partial charge in [0.05, 0.1) is 5.92 Å². The Bertz CT molecular complexity index is 1700. The van der Waals surface area contributed by atoms with Crippen LogP contribution in [0.15, 0.2) is 145 Å². The minimum Gasteiger partial charge on any atom is -0.458 e. The Morgan fingerprint density at radius 2 is 1.07 bits per heavy atom. The highest BCUT2D eigenvalue weighted by molar-refractivity contribution is 7.80. The summed E-state index contributed by atoms with van der Waals surface area (Å²) < 4.78 is 25.1. The van der Waals surface area contributed by atoms with Crippen molar-refractivity contribution in [3.05, 3.63) is 151 Å². The summed E-state index contributed by atoms with van der Waals surface area (Å²) >= 11 is 0. The van der Waals surface area contributed by atoms with Crippen LogP contribution in [0.4, 0.5) is 0 Å². The summed E-state index contributed by atoms with van der Waals surface area (Å²) in [7, 11) is -1.67. The van der Waals surface area contributed by atoms with Crippen LogP contribution in [0, 0.1) is 0 Å². The van der Waals surface area contributed by atoms with E-state index in [4.69, 9.17) is 18.9 Å². The summed E-state index contributed by atoms with van der Waals surface area (Å²) in [6.45, 7) is 0.476. The zero-order chi connectivity index (χ0) is 29.3. The van der Waals surface area contributed by atoms with Crippen molar-refractivity contribution in [2.24, 2.45) is 0 Å². The summed E-state index contributed by atoms with van der Waals surface area (Å²) in [5, 5.41) is 6.61. The molecule has 3 aliphatic rings. The van der Waals surface area contributed by atoms with E-state index in [0.29, 0.717) is 0 Å². The van der Waals surface area contributed by atoms with E-state index < -0.39 is 15.8 Å². The number of allylic oxidation sites excluding steroid dienone is 2. The Balaban J connectivity index is 1.39. The van der Waals surface area contributed by atoms with Crippen LogP contribution in [0.1, 0.15) is 24.3 Å². The molecule has 2 unspecified atom stereocenters. The van der Waals surface area contributed by atoms with E-state index in [9.17, 15) is 0 Å². The minimum atomic E-state index is -0.910. The second-order valence-electron chi connectivity index (χ2n) is 11.1. The summed E-state index contributed by atoms with van der Waals surface area (Å²) in [4.78, 5) is 0. The van der Waals surface area contributed by atoms with E-state index in [0.717, 1.165) is 35.9 Å². The summed E-state index contributed by atoms with van der Waals surface area (Å²) in [5.41, 5.74) is 1.44. The Labute approximate surface area is 260 Å². The van der Waals surface area contributed by atoms with E-state index in [1.54, 1.807) is 0 Å².